The molecule has 4 heteroatoms. The molecule has 86 valence electrons. The summed E-state index contributed by atoms with van der Waals surface area (Å²) in [4.78, 5) is 13.7. The highest BCUT2D eigenvalue weighted by atomic mass is 79.9. The van der Waals surface area contributed by atoms with Gasteiger partial charge in [0, 0.05) is 22.5 Å². The lowest BCUT2D eigenvalue weighted by Crippen LogP contribution is -2.35. The van der Waals surface area contributed by atoms with Crippen molar-refractivity contribution in [3.63, 3.8) is 0 Å². The van der Waals surface area contributed by atoms with Crippen molar-refractivity contribution < 1.29 is 4.79 Å². The summed E-state index contributed by atoms with van der Waals surface area (Å²) in [5.41, 5.74) is 2.16. The van der Waals surface area contributed by atoms with Gasteiger partial charge in [-0.25, -0.2) is 0 Å². The first-order chi connectivity index (χ1) is 7.63. The monoisotopic (exact) mass is 301 g/mol. The first-order valence-electron chi connectivity index (χ1n) is 5.41. The molecule has 0 fully saturated rings. The maximum Gasteiger partial charge on any atom is 0.226 e. The summed E-state index contributed by atoms with van der Waals surface area (Å²) in [5, 5.41) is 0.719. The molecule has 0 N–H and O–H groups in total. The number of carbonyl (C=O) groups is 1. The summed E-state index contributed by atoms with van der Waals surface area (Å²) in [7, 11) is 0. The number of rotatable bonds is 1. The van der Waals surface area contributed by atoms with E-state index in [4.69, 9.17) is 11.6 Å². The van der Waals surface area contributed by atoms with Crippen LogP contribution in [0, 0.1) is 0 Å². The molecule has 1 aliphatic rings. The van der Waals surface area contributed by atoms with E-state index in [1.165, 1.54) is 0 Å². The van der Waals surface area contributed by atoms with Gasteiger partial charge in [0.15, 0.2) is 0 Å². The second-order valence-electron chi connectivity index (χ2n) is 3.90. The van der Waals surface area contributed by atoms with Gasteiger partial charge in [0.25, 0.3) is 0 Å². The minimum atomic E-state index is 0.170. The van der Waals surface area contributed by atoms with Crippen LogP contribution in [0.15, 0.2) is 16.6 Å². The fourth-order valence-electron chi connectivity index (χ4n) is 2.09. The Bertz CT molecular complexity index is 433. The van der Waals surface area contributed by atoms with E-state index in [2.05, 4.69) is 15.9 Å². The summed E-state index contributed by atoms with van der Waals surface area (Å²) < 4.78 is 0.913. The van der Waals surface area contributed by atoms with Crippen LogP contribution >= 0.6 is 27.5 Å². The van der Waals surface area contributed by atoms with Crippen LogP contribution in [0.2, 0.25) is 5.02 Å². The average Bonchev–Trinajstić information content (AvgIpc) is 2.26. The largest absolute Gasteiger partial charge is 0.311 e. The summed E-state index contributed by atoms with van der Waals surface area (Å²) >= 11 is 9.50. The summed E-state index contributed by atoms with van der Waals surface area (Å²) in [5.74, 6) is 0.170. The topological polar surface area (TPSA) is 20.3 Å². The van der Waals surface area contributed by atoms with E-state index >= 15 is 0 Å². The molecule has 0 bridgehead atoms. The molecule has 0 spiro atoms. The number of nitrogens with zero attached hydrogens (tertiary/aromatic N) is 1. The zero-order valence-electron chi connectivity index (χ0n) is 9.09. The van der Waals surface area contributed by atoms with E-state index in [0.29, 0.717) is 6.42 Å². The quantitative estimate of drug-likeness (QED) is 0.773. The van der Waals surface area contributed by atoms with E-state index in [1.54, 1.807) is 0 Å². The van der Waals surface area contributed by atoms with Crippen molar-refractivity contribution in [1.82, 2.24) is 0 Å². The lowest BCUT2D eigenvalue weighted by molar-refractivity contribution is -0.118. The van der Waals surface area contributed by atoms with E-state index in [9.17, 15) is 4.79 Å². The van der Waals surface area contributed by atoms with Crippen molar-refractivity contribution in [3.8, 4) is 0 Å². The molecule has 0 unspecified atom stereocenters. The molecule has 1 amide bonds. The molecule has 0 saturated heterocycles. The van der Waals surface area contributed by atoms with Gasteiger partial charge in [-0.05, 0) is 46.5 Å². The summed E-state index contributed by atoms with van der Waals surface area (Å²) in [6.07, 6.45) is 2.53. The summed E-state index contributed by atoms with van der Waals surface area (Å²) in [6.45, 7) is 2.69. The van der Waals surface area contributed by atoms with E-state index in [-0.39, 0.29) is 5.91 Å². The zero-order valence-corrected chi connectivity index (χ0v) is 11.4. The lowest BCUT2D eigenvalue weighted by atomic mass is 10.0. The number of carbonyl (C=O) groups excluding carboxylic acids is 1. The molecule has 0 aromatic heterocycles. The van der Waals surface area contributed by atoms with Crippen molar-refractivity contribution in [2.24, 2.45) is 0 Å². The molecule has 0 saturated carbocycles. The van der Waals surface area contributed by atoms with Crippen molar-refractivity contribution in [3.05, 3.63) is 27.2 Å². The number of benzene rings is 1. The van der Waals surface area contributed by atoms with Gasteiger partial charge in [-0.2, -0.15) is 0 Å². The third-order valence-electron chi connectivity index (χ3n) is 2.81. The fourth-order valence-corrected chi connectivity index (χ4v) is 3.18. The molecule has 2 rings (SSSR count). The predicted molar refractivity (Wildman–Crippen MR) is 70.1 cm³/mol. The fraction of sp³-hybridized carbons (Fsp3) is 0.417. The zero-order chi connectivity index (χ0) is 11.7. The lowest BCUT2D eigenvalue weighted by Gasteiger charge is -2.30. The van der Waals surface area contributed by atoms with Gasteiger partial charge in [0.2, 0.25) is 5.91 Å². The van der Waals surface area contributed by atoms with Gasteiger partial charge < -0.3 is 4.90 Å². The number of amides is 1. The smallest absolute Gasteiger partial charge is 0.226 e. The van der Waals surface area contributed by atoms with Crippen molar-refractivity contribution >= 4 is 39.1 Å². The Balaban J connectivity index is 2.49. The van der Waals surface area contributed by atoms with Crippen LogP contribution in [0.3, 0.4) is 0 Å². The van der Waals surface area contributed by atoms with Gasteiger partial charge in [-0.1, -0.05) is 18.5 Å². The Hall–Kier alpha value is -0.540. The molecule has 0 radical (unpaired) electrons. The van der Waals surface area contributed by atoms with E-state index in [1.807, 2.05) is 24.0 Å². The second-order valence-corrected chi connectivity index (χ2v) is 5.19. The number of aryl methyl sites for hydroxylation is 1. The number of anilines is 1. The highest BCUT2D eigenvalue weighted by Gasteiger charge is 2.23. The molecule has 0 atom stereocenters. The first-order valence-corrected chi connectivity index (χ1v) is 6.59. The van der Waals surface area contributed by atoms with Crippen molar-refractivity contribution in [1.29, 1.82) is 0 Å². The van der Waals surface area contributed by atoms with Crippen LogP contribution in [0.25, 0.3) is 0 Å². The van der Waals surface area contributed by atoms with Crippen molar-refractivity contribution in [2.45, 2.75) is 26.2 Å². The molecule has 1 heterocycles. The highest BCUT2D eigenvalue weighted by molar-refractivity contribution is 9.10. The van der Waals surface area contributed by atoms with Gasteiger partial charge in [-0.15, -0.1) is 0 Å². The minimum absolute atomic E-state index is 0.170. The first kappa shape index (κ1) is 11.9. The predicted octanol–water partition coefficient (Wildman–Crippen LogP) is 3.79. The van der Waals surface area contributed by atoms with E-state index < -0.39 is 0 Å². The van der Waals surface area contributed by atoms with Crippen LogP contribution in [0.1, 0.15) is 25.3 Å². The molecule has 0 aliphatic carbocycles. The number of halogens is 2. The Morgan fingerprint density at radius 3 is 3.00 bits per heavy atom. The number of hydrogen-bond acceptors (Lipinski definition) is 1. The van der Waals surface area contributed by atoms with Gasteiger partial charge >= 0.3 is 0 Å². The molecular formula is C12H13BrClNO. The normalized spacial score (nSPS) is 14.8. The van der Waals surface area contributed by atoms with Gasteiger partial charge in [0.05, 0.1) is 5.69 Å². The number of hydrogen-bond donors (Lipinski definition) is 0. The van der Waals surface area contributed by atoms with Crippen LogP contribution in [0.5, 0.6) is 0 Å². The van der Waals surface area contributed by atoms with Crippen LogP contribution in [-0.2, 0) is 11.2 Å². The standard InChI is InChI=1S/C12H13BrClNO/c1-2-11(16)15-5-3-4-8-6-9(14)7-10(13)12(8)15/h6-7H,2-5H2,1H3. The summed E-state index contributed by atoms with van der Waals surface area (Å²) in [6, 6.07) is 3.80. The molecule has 1 aromatic carbocycles. The third-order valence-corrected chi connectivity index (χ3v) is 3.63. The van der Waals surface area contributed by atoms with Gasteiger partial charge in [0.1, 0.15) is 0 Å². The molecule has 2 nitrogen and oxygen atoms in total. The molecule has 16 heavy (non-hydrogen) atoms. The van der Waals surface area contributed by atoms with Crippen LogP contribution < -0.4 is 4.90 Å². The maximum absolute atomic E-state index is 11.8. The van der Waals surface area contributed by atoms with Crippen LogP contribution in [-0.4, -0.2) is 12.5 Å². The molecule has 1 aromatic rings. The van der Waals surface area contributed by atoms with Crippen LogP contribution in [0.4, 0.5) is 5.69 Å². The SMILES string of the molecule is CCC(=O)N1CCCc2cc(Cl)cc(Br)c21. The Morgan fingerprint density at radius 1 is 1.56 bits per heavy atom. The Morgan fingerprint density at radius 2 is 2.31 bits per heavy atom. The maximum atomic E-state index is 11.8. The Kier molecular flexibility index (Phi) is 3.55. The van der Waals surface area contributed by atoms with Gasteiger partial charge in [-0.3, -0.25) is 4.79 Å². The highest BCUT2D eigenvalue weighted by Crippen LogP contribution is 2.37. The number of fused-ring (bicyclic) bond motifs is 1. The van der Waals surface area contributed by atoms with E-state index in [0.717, 1.165) is 40.1 Å². The third kappa shape index (κ3) is 2.11. The van der Waals surface area contributed by atoms with Crippen molar-refractivity contribution in [2.75, 3.05) is 11.4 Å². The molecule has 1 aliphatic heterocycles. The minimum Gasteiger partial charge on any atom is -0.311 e. The Labute approximate surface area is 109 Å². The second kappa shape index (κ2) is 4.76. The molecular weight excluding hydrogens is 289 g/mol. The average molecular weight is 303 g/mol.